The number of sulfonamides is 1. The number of hydrogen-bond donors (Lipinski definition) is 0. The predicted octanol–water partition coefficient (Wildman–Crippen LogP) is 2.59. The van der Waals surface area contributed by atoms with Crippen molar-refractivity contribution in [3.05, 3.63) is 48.4 Å². The fourth-order valence-electron chi connectivity index (χ4n) is 4.18. The number of para-hydroxylation sites is 1. The van der Waals surface area contributed by atoms with E-state index in [2.05, 4.69) is 4.90 Å². The molecule has 0 unspecified atom stereocenters. The van der Waals surface area contributed by atoms with Crippen molar-refractivity contribution in [3.8, 4) is 5.75 Å². The molecule has 4 rings (SSSR count). The third-order valence-electron chi connectivity index (χ3n) is 5.96. The number of hydrogen-bond acceptors (Lipinski definition) is 6. The number of rotatable bonds is 5. The average molecular weight is 421 g/mol. The van der Waals surface area contributed by atoms with Crippen molar-refractivity contribution in [1.29, 1.82) is 0 Å². The highest BCUT2D eigenvalue weighted by Gasteiger charge is 2.42. The molecular weight excluding hydrogens is 392 g/mol. The van der Waals surface area contributed by atoms with Gasteiger partial charge in [-0.05, 0) is 44.1 Å². The third kappa shape index (κ3) is 4.35. The predicted molar refractivity (Wildman–Crippen MR) is 108 cm³/mol. The van der Waals surface area contributed by atoms with Crippen LogP contribution in [0.2, 0.25) is 0 Å². The molecule has 0 amide bonds. The van der Waals surface area contributed by atoms with E-state index in [9.17, 15) is 8.42 Å². The van der Waals surface area contributed by atoms with Crippen molar-refractivity contribution in [3.63, 3.8) is 0 Å². The summed E-state index contributed by atoms with van der Waals surface area (Å²) >= 11 is 0. The Kier molecular flexibility index (Phi) is 5.96. The van der Waals surface area contributed by atoms with E-state index in [-0.39, 0.29) is 10.3 Å². The first kappa shape index (κ1) is 20.4. The van der Waals surface area contributed by atoms with Crippen LogP contribution in [0.25, 0.3) is 0 Å². The molecular formula is C21H28N2O5S. The van der Waals surface area contributed by atoms with E-state index < -0.39 is 10.0 Å². The smallest absolute Gasteiger partial charge is 0.246 e. The minimum atomic E-state index is -3.64. The van der Waals surface area contributed by atoms with E-state index in [4.69, 9.17) is 13.9 Å². The molecule has 2 aliphatic rings. The Morgan fingerprint density at radius 3 is 2.69 bits per heavy atom. The third-order valence-corrected chi connectivity index (χ3v) is 7.85. The monoisotopic (exact) mass is 420 g/mol. The van der Waals surface area contributed by atoms with Gasteiger partial charge in [0.1, 0.15) is 10.6 Å². The van der Waals surface area contributed by atoms with Gasteiger partial charge in [-0.25, -0.2) is 8.42 Å². The lowest BCUT2D eigenvalue weighted by Gasteiger charge is -2.45. The van der Waals surface area contributed by atoms with E-state index in [0.717, 1.165) is 38.0 Å². The summed E-state index contributed by atoms with van der Waals surface area (Å²) in [4.78, 5) is 2.62. The standard InChI is InChI=1S/C21H28N2O5S/c1-26-13-11-23-16-21(7-9-22(10-8-21)14-18-6-12-27-15-18)17-28-19-4-2-3-5-20(19)29(23,24)25/h2-6,12,15H,7-11,13-14,16-17H2,1H3. The second-order valence-electron chi connectivity index (χ2n) is 7.97. The molecule has 29 heavy (non-hydrogen) atoms. The molecule has 1 aromatic carbocycles. The van der Waals surface area contributed by atoms with Crippen LogP contribution < -0.4 is 4.74 Å². The molecule has 0 radical (unpaired) electrons. The maximum Gasteiger partial charge on any atom is 0.246 e. The van der Waals surface area contributed by atoms with Gasteiger partial charge in [0, 0.05) is 37.7 Å². The van der Waals surface area contributed by atoms with E-state index in [0.29, 0.717) is 32.1 Å². The van der Waals surface area contributed by atoms with Gasteiger partial charge in [-0.15, -0.1) is 0 Å². The van der Waals surface area contributed by atoms with Crippen LogP contribution in [0, 0.1) is 5.41 Å². The number of fused-ring (bicyclic) bond motifs is 1. The molecule has 0 N–H and O–H groups in total. The molecule has 2 aromatic rings. The van der Waals surface area contributed by atoms with Crippen LogP contribution in [0.15, 0.2) is 52.2 Å². The van der Waals surface area contributed by atoms with Gasteiger partial charge >= 0.3 is 0 Å². The Bertz CT molecular complexity index is 905. The van der Waals surface area contributed by atoms with E-state index in [1.165, 1.54) is 0 Å². The SMILES string of the molecule is COCCN1CC2(CCN(Cc3ccoc3)CC2)COc2ccccc2S1(=O)=O. The summed E-state index contributed by atoms with van der Waals surface area (Å²) in [5, 5.41) is 0. The fraction of sp³-hybridized carbons (Fsp3) is 0.524. The number of ether oxygens (including phenoxy) is 2. The maximum atomic E-state index is 13.4. The van der Waals surface area contributed by atoms with Crippen molar-refractivity contribution in [2.45, 2.75) is 24.3 Å². The summed E-state index contributed by atoms with van der Waals surface area (Å²) < 4.78 is 44.7. The summed E-state index contributed by atoms with van der Waals surface area (Å²) in [5.74, 6) is 0.440. The Morgan fingerprint density at radius 1 is 1.17 bits per heavy atom. The Labute approximate surface area is 172 Å². The Balaban J connectivity index is 1.56. The topological polar surface area (TPSA) is 72.2 Å². The van der Waals surface area contributed by atoms with Crippen LogP contribution >= 0.6 is 0 Å². The second-order valence-corrected chi connectivity index (χ2v) is 9.88. The molecule has 0 aliphatic carbocycles. The molecule has 0 bridgehead atoms. The van der Waals surface area contributed by atoms with Crippen molar-refractivity contribution in [2.75, 3.05) is 46.5 Å². The van der Waals surface area contributed by atoms with E-state index in [1.807, 2.05) is 12.1 Å². The summed E-state index contributed by atoms with van der Waals surface area (Å²) in [7, 11) is -2.05. The van der Waals surface area contributed by atoms with E-state index in [1.54, 1.807) is 42.1 Å². The van der Waals surface area contributed by atoms with Gasteiger partial charge in [0.05, 0.1) is 25.7 Å². The fourth-order valence-corrected chi connectivity index (χ4v) is 5.85. The van der Waals surface area contributed by atoms with Crippen molar-refractivity contribution < 1.29 is 22.3 Å². The van der Waals surface area contributed by atoms with Crippen molar-refractivity contribution >= 4 is 10.0 Å². The van der Waals surface area contributed by atoms with E-state index >= 15 is 0 Å². The van der Waals surface area contributed by atoms with Crippen molar-refractivity contribution in [2.24, 2.45) is 5.41 Å². The van der Waals surface area contributed by atoms with Crippen LogP contribution in [0.5, 0.6) is 5.75 Å². The molecule has 3 heterocycles. The van der Waals surface area contributed by atoms with Gasteiger partial charge in [0.15, 0.2) is 0 Å². The molecule has 1 saturated heterocycles. The zero-order chi connectivity index (χ0) is 20.3. The summed E-state index contributed by atoms with van der Waals surface area (Å²) in [6.07, 6.45) is 5.23. The normalized spacial score (nSPS) is 21.8. The number of piperidine rings is 1. The van der Waals surface area contributed by atoms with Gasteiger partial charge in [0.2, 0.25) is 10.0 Å². The number of furan rings is 1. The molecule has 2 aliphatic heterocycles. The first-order valence-corrected chi connectivity index (χ1v) is 11.4. The lowest BCUT2D eigenvalue weighted by Crippen LogP contribution is -2.51. The number of benzene rings is 1. The van der Waals surface area contributed by atoms with Crippen LogP contribution in [-0.4, -0.2) is 64.1 Å². The number of methoxy groups -OCH3 is 1. The molecule has 1 aromatic heterocycles. The zero-order valence-corrected chi connectivity index (χ0v) is 17.6. The molecule has 7 nitrogen and oxygen atoms in total. The Morgan fingerprint density at radius 2 is 1.97 bits per heavy atom. The first-order chi connectivity index (χ1) is 14.0. The number of likely N-dealkylation sites (tertiary alicyclic amines) is 1. The summed E-state index contributed by atoms with van der Waals surface area (Å²) in [5.41, 5.74) is 0.953. The first-order valence-electron chi connectivity index (χ1n) is 9.97. The van der Waals surface area contributed by atoms with Gasteiger partial charge in [-0.1, -0.05) is 12.1 Å². The minimum Gasteiger partial charge on any atom is -0.492 e. The highest BCUT2D eigenvalue weighted by atomic mass is 32.2. The van der Waals surface area contributed by atoms with Crippen LogP contribution in [0.1, 0.15) is 18.4 Å². The van der Waals surface area contributed by atoms with Gasteiger partial charge in [-0.3, -0.25) is 4.90 Å². The molecule has 1 fully saturated rings. The van der Waals surface area contributed by atoms with Gasteiger partial charge in [-0.2, -0.15) is 4.31 Å². The average Bonchev–Trinajstić information content (AvgIpc) is 3.24. The summed E-state index contributed by atoms with van der Waals surface area (Å²) in [6, 6.07) is 8.90. The largest absolute Gasteiger partial charge is 0.492 e. The lowest BCUT2D eigenvalue weighted by molar-refractivity contribution is 0.0289. The minimum absolute atomic E-state index is 0.207. The highest BCUT2D eigenvalue weighted by molar-refractivity contribution is 7.89. The maximum absolute atomic E-state index is 13.4. The zero-order valence-electron chi connectivity index (χ0n) is 16.7. The molecule has 1 spiro atoms. The highest BCUT2D eigenvalue weighted by Crippen LogP contribution is 2.39. The molecule has 0 atom stereocenters. The van der Waals surface area contributed by atoms with Gasteiger partial charge in [0.25, 0.3) is 0 Å². The van der Waals surface area contributed by atoms with Crippen molar-refractivity contribution in [1.82, 2.24) is 9.21 Å². The molecule has 158 valence electrons. The second kappa shape index (κ2) is 8.47. The lowest BCUT2D eigenvalue weighted by atomic mass is 9.78. The van der Waals surface area contributed by atoms with Crippen LogP contribution in [0.4, 0.5) is 0 Å². The van der Waals surface area contributed by atoms with Crippen LogP contribution in [0.3, 0.4) is 0 Å². The van der Waals surface area contributed by atoms with Gasteiger partial charge < -0.3 is 13.9 Å². The summed E-state index contributed by atoms with van der Waals surface area (Å²) in [6.45, 7) is 4.32. The molecule has 8 heteroatoms. The van der Waals surface area contributed by atoms with Crippen LogP contribution in [-0.2, 0) is 21.3 Å². The Hall–Kier alpha value is -1.87. The molecule has 0 saturated carbocycles. The quantitative estimate of drug-likeness (QED) is 0.740. The number of nitrogens with zero attached hydrogens (tertiary/aromatic N) is 2.